The summed E-state index contributed by atoms with van der Waals surface area (Å²) in [5, 5.41) is 14.4. The zero-order valence-electron chi connectivity index (χ0n) is 12.5. The van der Waals surface area contributed by atoms with Crippen molar-refractivity contribution in [3.05, 3.63) is 40.8 Å². The Kier molecular flexibility index (Phi) is 4.10. The number of carboxylic acid groups (broad SMARTS) is 1. The van der Waals surface area contributed by atoms with Gasteiger partial charge in [-0.3, -0.25) is 14.4 Å². The maximum Gasteiger partial charge on any atom is 0.308 e. The van der Waals surface area contributed by atoms with E-state index < -0.39 is 11.9 Å². The number of piperidine rings is 1. The normalized spacial score (nSPS) is 18.1. The van der Waals surface area contributed by atoms with Gasteiger partial charge in [0.1, 0.15) is 6.54 Å². The van der Waals surface area contributed by atoms with Gasteiger partial charge in [0.25, 0.3) is 5.56 Å². The highest BCUT2D eigenvalue weighted by Crippen LogP contribution is 2.17. The van der Waals surface area contributed by atoms with Crippen LogP contribution in [-0.4, -0.2) is 44.8 Å². The minimum Gasteiger partial charge on any atom is -0.481 e. The molecule has 1 aliphatic heterocycles. The zero-order chi connectivity index (χ0) is 16.4. The van der Waals surface area contributed by atoms with Gasteiger partial charge in [-0.1, -0.05) is 18.2 Å². The lowest BCUT2D eigenvalue weighted by atomic mass is 9.98. The van der Waals surface area contributed by atoms with Crippen LogP contribution >= 0.6 is 0 Å². The molecule has 1 aromatic carbocycles. The van der Waals surface area contributed by atoms with E-state index >= 15 is 0 Å². The molecule has 3 rings (SSSR count). The van der Waals surface area contributed by atoms with E-state index in [1.165, 1.54) is 4.90 Å². The number of aromatic nitrogens is 2. The Bertz CT molecular complexity index is 814. The summed E-state index contributed by atoms with van der Waals surface area (Å²) in [6, 6.07) is 7.07. The second-order valence-electron chi connectivity index (χ2n) is 5.71. The van der Waals surface area contributed by atoms with Crippen molar-refractivity contribution in [2.75, 3.05) is 13.1 Å². The van der Waals surface area contributed by atoms with Gasteiger partial charge in [0.2, 0.25) is 5.91 Å². The molecule has 2 aromatic rings. The standard InChI is InChI=1S/C16H17N3O4/c20-14(18-7-3-5-12(9-18)16(22)23)10-19-15(21)13-6-2-1-4-11(13)8-17-19/h1-2,4,6,8,12H,3,5,7,9-10H2,(H,22,23)/t12-/m1/s1. The highest BCUT2D eigenvalue weighted by Gasteiger charge is 2.28. The van der Waals surface area contributed by atoms with E-state index in [0.29, 0.717) is 24.8 Å². The topological polar surface area (TPSA) is 92.5 Å². The first-order valence-corrected chi connectivity index (χ1v) is 7.51. The number of likely N-dealkylation sites (tertiary alicyclic amines) is 1. The average molecular weight is 315 g/mol. The molecule has 1 atom stereocenters. The Morgan fingerprint density at radius 1 is 1.30 bits per heavy atom. The third-order valence-electron chi connectivity index (χ3n) is 4.17. The van der Waals surface area contributed by atoms with Crippen LogP contribution in [0.4, 0.5) is 0 Å². The first kappa shape index (κ1) is 15.2. The molecule has 2 heterocycles. The number of nitrogens with zero attached hydrogens (tertiary/aromatic N) is 3. The molecule has 7 heteroatoms. The van der Waals surface area contributed by atoms with Crippen LogP contribution in [0.2, 0.25) is 0 Å². The fraction of sp³-hybridized carbons (Fsp3) is 0.375. The molecular formula is C16H17N3O4. The van der Waals surface area contributed by atoms with Crippen molar-refractivity contribution in [3.8, 4) is 0 Å². The van der Waals surface area contributed by atoms with Gasteiger partial charge in [0.05, 0.1) is 17.5 Å². The Morgan fingerprint density at radius 2 is 2.09 bits per heavy atom. The van der Waals surface area contributed by atoms with Gasteiger partial charge in [-0.25, -0.2) is 4.68 Å². The maximum absolute atomic E-state index is 12.4. The molecule has 0 bridgehead atoms. The van der Waals surface area contributed by atoms with E-state index in [9.17, 15) is 14.4 Å². The van der Waals surface area contributed by atoms with Crippen LogP contribution in [0.3, 0.4) is 0 Å². The molecule has 1 aromatic heterocycles. The predicted octanol–water partition coefficient (Wildman–Crippen LogP) is 0.720. The van der Waals surface area contributed by atoms with E-state index in [2.05, 4.69) is 5.10 Å². The van der Waals surface area contributed by atoms with Gasteiger partial charge < -0.3 is 10.0 Å². The summed E-state index contributed by atoms with van der Waals surface area (Å²) < 4.78 is 1.13. The number of aliphatic carboxylic acids is 1. The van der Waals surface area contributed by atoms with E-state index in [0.717, 1.165) is 10.1 Å². The molecule has 1 amide bonds. The Labute approximate surface area is 132 Å². The molecule has 0 aliphatic carbocycles. The number of hydrogen-bond acceptors (Lipinski definition) is 4. The fourth-order valence-electron chi connectivity index (χ4n) is 2.87. The van der Waals surface area contributed by atoms with E-state index in [-0.39, 0.29) is 24.6 Å². The van der Waals surface area contributed by atoms with Crippen molar-refractivity contribution in [1.29, 1.82) is 0 Å². The molecular weight excluding hydrogens is 298 g/mol. The lowest BCUT2D eigenvalue weighted by Crippen LogP contribution is -2.44. The molecule has 1 aliphatic rings. The first-order valence-electron chi connectivity index (χ1n) is 7.51. The SMILES string of the molecule is O=C(O)[C@@H]1CCCN(C(=O)Cn2ncc3ccccc3c2=O)C1. The molecule has 0 radical (unpaired) electrons. The molecule has 120 valence electrons. The maximum atomic E-state index is 12.4. The van der Waals surface area contributed by atoms with Crippen molar-refractivity contribution >= 4 is 22.6 Å². The van der Waals surface area contributed by atoms with Crippen molar-refractivity contribution < 1.29 is 14.7 Å². The Balaban J connectivity index is 1.79. The third-order valence-corrected chi connectivity index (χ3v) is 4.17. The van der Waals surface area contributed by atoms with Crippen LogP contribution in [0.25, 0.3) is 10.8 Å². The molecule has 1 fully saturated rings. The van der Waals surface area contributed by atoms with Crippen LogP contribution in [0.15, 0.2) is 35.3 Å². The Hall–Kier alpha value is -2.70. The van der Waals surface area contributed by atoms with Gasteiger partial charge >= 0.3 is 5.97 Å². The average Bonchev–Trinajstić information content (AvgIpc) is 2.57. The second kappa shape index (κ2) is 6.20. The molecule has 23 heavy (non-hydrogen) atoms. The van der Waals surface area contributed by atoms with Crippen LogP contribution in [0.1, 0.15) is 12.8 Å². The molecule has 1 saturated heterocycles. The lowest BCUT2D eigenvalue weighted by molar-refractivity contribution is -0.145. The summed E-state index contributed by atoms with van der Waals surface area (Å²) in [6.07, 6.45) is 2.79. The van der Waals surface area contributed by atoms with E-state index in [1.807, 2.05) is 6.07 Å². The van der Waals surface area contributed by atoms with Gasteiger partial charge in [0, 0.05) is 18.5 Å². The van der Waals surface area contributed by atoms with Crippen LogP contribution < -0.4 is 5.56 Å². The molecule has 1 N–H and O–H groups in total. The zero-order valence-corrected chi connectivity index (χ0v) is 12.5. The number of benzene rings is 1. The number of carbonyl (C=O) groups is 2. The number of carbonyl (C=O) groups excluding carboxylic acids is 1. The number of amides is 1. The number of carboxylic acids is 1. The highest BCUT2D eigenvalue weighted by atomic mass is 16.4. The smallest absolute Gasteiger partial charge is 0.308 e. The minimum atomic E-state index is -0.886. The number of rotatable bonds is 3. The number of hydrogen-bond donors (Lipinski definition) is 1. The van der Waals surface area contributed by atoms with Gasteiger partial charge in [-0.15, -0.1) is 0 Å². The first-order chi connectivity index (χ1) is 11.1. The van der Waals surface area contributed by atoms with Crippen molar-refractivity contribution in [2.24, 2.45) is 5.92 Å². The molecule has 0 saturated carbocycles. The quantitative estimate of drug-likeness (QED) is 0.901. The summed E-state index contributed by atoms with van der Waals surface area (Å²) in [5.41, 5.74) is -0.316. The summed E-state index contributed by atoms with van der Waals surface area (Å²) in [4.78, 5) is 37.3. The van der Waals surface area contributed by atoms with Gasteiger partial charge in [-0.05, 0) is 18.9 Å². The Morgan fingerprint density at radius 3 is 2.87 bits per heavy atom. The van der Waals surface area contributed by atoms with E-state index in [1.54, 1.807) is 24.4 Å². The summed E-state index contributed by atoms with van der Waals surface area (Å²) in [7, 11) is 0. The summed E-state index contributed by atoms with van der Waals surface area (Å²) in [5.74, 6) is -1.70. The van der Waals surface area contributed by atoms with Crippen molar-refractivity contribution in [2.45, 2.75) is 19.4 Å². The van der Waals surface area contributed by atoms with Gasteiger partial charge in [-0.2, -0.15) is 5.10 Å². The predicted molar refractivity (Wildman–Crippen MR) is 82.9 cm³/mol. The van der Waals surface area contributed by atoms with Crippen LogP contribution in [0, 0.1) is 5.92 Å². The summed E-state index contributed by atoms with van der Waals surface area (Å²) >= 11 is 0. The highest BCUT2D eigenvalue weighted by molar-refractivity contribution is 5.81. The largest absolute Gasteiger partial charge is 0.481 e. The van der Waals surface area contributed by atoms with Crippen LogP contribution in [0.5, 0.6) is 0 Å². The van der Waals surface area contributed by atoms with Crippen LogP contribution in [-0.2, 0) is 16.1 Å². The summed E-state index contributed by atoms with van der Waals surface area (Å²) in [6.45, 7) is 0.539. The molecule has 0 spiro atoms. The third kappa shape index (κ3) is 3.08. The fourth-order valence-corrected chi connectivity index (χ4v) is 2.87. The monoisotopic (exact) mass is 315 g/mol. The number of fused-ring (bicyclic) bond motifs is 1. The molecule has 7 nitrogen and oxygen atoms in total. The minimum absolute atomic E-state index is 0.171. The van der Waals surface area contributed by atoms with E-state index in [4.69, 9.17) is 5.11 Å². The van der Waals surface area contributed by atoms with Crippen molar-refractivity contribution in [3.63, 3.8) is 0 Å². The lowest BCUT2D eigenvalue weighted by Gasteiger charge is -2.30. The van der Waals surface area contributed by atoms with Crippen molar-refractivity contribution in [1.82, 2.24) is 14.7 Å². The second-order valence-corrected chi connectivity index (χ2v) is 5.71. The molecule has 0 unspecified atom stereocenters. The van der Waals surface area contributed by atoms with Gasteiger partial charge in [0.15, 0.2) is 0 Å².